The first kappa shape index (κ1) is 25.7. The van der Waals surface area contributed by atoms with Crippen LogP contribution in [0.15, 0.2) is 73.2 Å². The zero-order valence-electron chi connectivity index (χ0n) is 21.4. The molecule has 0 radical (unpaired) electrons. The number of benzene rings is 1. The highest BCUT2D eigenvalue weighted by Crippen LogP contribution is 2.28. The van der Waals surface area contributed by atoms with Crippen LogP contribution in [0.3, 0.4) is 0 Å². The molecule has 0 bridgehead atoms. The number of carboxylic acid groups (broad SMARTS) is 1. The average Bonchev–Trinajstić information content (AvgIpc) is 2.95. The molecule has 1 unspecified atom stereocenters. The first-order valence-corrected chi connectivity index (χ1v) is 12.6. The van der Waals surface area contributed by atoms with Crippen molar-refractivity contribution in [2.45, 2.75) is 25.9 Å². The number of carboxylic acids is 1. The van der Waals surface area contributed by atoms with E-state index < -0.39 is 5.97 Å². The SMILES string of the molecule is CCOc1cccnc1OC1CCCN(c2cncc(Nc3cccc(Oc4ccc(C(=O)O)cc4)n3)n2)C1. The van der Waals surface area contributed by atoms with Gasteiger partial charge in [0.05, 0.1) is 31.1 Å². The number of ether oxygens (including phenoxy) is 3. The van der Waals surface area contributed by atoms with Gasteiger partial charge in [0.25, 0.3) is 5.88 Å². The molecule has 39 heavy (non-hydrogen) atoms. The molecule has 1 aliphatic heterocycles. The monoisotopic (exact) mass is 528 g/mol. The minimum atomic E-state index is -0.995. The smallest absolute Gasteiger partial charge is 0.335 e. The Bertz CT molecular complexity index is 1420. The van der Waals surface area contributed by atoms with Crippen LogP contribution >= 0.6 is 0 Å². The fourth-order valence-corrected chi connectivity index (χ4v) is 4.16. The number of hydrogen-bond acceptors (Lipinski definition) is 10. The van der Waals surface area contributed by atoms with Crippen molar-refractivity contribution in [1.82, 2.24) is 19.9 Å². The molecule has 5 rings (SSSR count). The molecule has 200 valence electrons. The third-order valence-corrected chi connectivity index (χ3v) is 5.94. The number of nitrogens with one attached hydrogen (secondary N) is 1. The summed E-state index contributed by atoms with van der Waals surface area (Å²) in [5, 5.41) is 12.2. The van der Waals surface area contributed by atoms with Gasteiger partial charge >= 0.3 is 5.97 Å². The van der Waals surface area contributed by atoms with Crippen LogP contribution in [0.25, 0.3) is 0 Å². The van der Waals surface area contributed by atoms with E-state index in [1.807, 2.05) is 19.1 Å². The highest BCUT2D eigenvalue weighted by Gasteiger charge is 2.24. The maximum absolute atomic E-state index is 11.0. The maximum Gasteiger partial charge on any atom is 0.335 e. The van der Waals surface area contributed by atoms with Crippen molar-refractivity contribution in [1.29, 1.82) is 0 Å². The third-order valence-electron chi connectivity index (χ3n) is 5.94. The Labute approximate surface area is 225 Å². The van der Waals surface area contributed by atoms with Gasteiger partial charge in [-0.15, -0.1) is 0 Å². The summed E-state index contributed by atoms with van der Waals surface area (Å²) in [5.74, 6) is 2.76. The summed E-state index contributed by atoms with van der Waals surface area (Å²) in [7, 11) is 0. The van der Waals surface area contributed by atoms with Crippen molar-refractivity contribution in [2.24, 2.45) is 0 Å². The fourth-order valence-electron chi connectivity index (χ4n) is 4.16. The number of anilines is 3. The minimum absolute atomic E-state index is 0.0636. The van der Waals surface area contributed by atoms with Crippen LogP contribution in [0, 0.1) is 0 Å². The molecule has 3 aromatic heterocycles. The first-order chi connectivity index (χ1) is 19.1. The number of rotatable bonds is 10. The van der Waals surface area contributed by atoms with Crippen molar-refractivity contribution in [2.75, 3.05) is 29.9 Å². The van der Waals surface area contributed by atoms with Crippen molar-refractivity contribution in [3.63, 3.8) is 0 Å². The number of pyridine rings is 2. The molecule has 4 heterocycles. The number of aromatic nitrogens is 4. The predicted octanol–water partition coefficient (Wildman–Crippen LogP) is 4.95. The van der Waals surface area contributed by atoms with E-state index in [0.717, 1.165) is 25.2 Å². The number of hydrogen-bond donors (Lipinski definition) is 2. The highest BCUT2D eigenvalue weighted by molar-refractivity contribution is 5.87. The van der Waals surface area contributed by atoms with E-state index in [-0.39, 0.29) is 11.7 Å². The van der Waals surface area contributed by atoms with Gasteiger partial charge in [-0.3, -0.25) is 4.98 Å². The summed E-state index contributed by atoms with van der Waals surface area (Å²) < 4.78 is 17.6. The van der Waals surface area contributed by atoms with E-state index in [9.17, 15) is 4.79 Å². The molecule has 0 saturated carbocycles. The predicted molar refractivity (Wildman–Crippen MR) is 144 cm³/mol. The lowest BCUT2D eigenvalue weighted by molar-refractivity contribution is 0.0697. The Morgan fingerprint density at radius 3 is 2.77 bits per heavy atom. The van der Waals surface area contributed by atoms with Crippen LogP contribution in [0.5, 0.6) is 23.3 Å². The quantitative estimate of drug-likeness (QED) is 0.290. The Balaban J connectivity index is 1.23. The van der Waals surface area contributed by atoms with Crippen molar-refractivity contribution < 1.29 is 24.1 Å². The van der Waals surface area contributed by atoms with Crippen molar-refractivity contribution >= 4 is 23.4 Å². The van der Waals surface area contributed by atoms with Crippen molar-refractivity contribution in [3.8, 4) is 23.3 Å². The van der Waals surface area contributed by atoms with Crippen LogP contribution in [0.2, 0.25) is 0 Å². The van der Waals surface area contributed by atoms with Crippen LogP contribution in [-0.4, -0.2) is 56.8 Å². The van der Waals surface area contributed by atoms with Crippen LogP contribution in [-0.2, 0) is 0 Å². The van der Waals surface area contributed by atoms with Gasteiger partial charge in [-0.25, -0.2) is 14.8 Å². The van der Waals surface area contributed by atoms with Gasteiger partial charge in [0.1, 0.15) is 23.5 Å². The normalized spacial score (nSPS) is 14.9. The molecule has 2 N–H and O–H groups in total. The standard InChI is InChI=1S/C28H28N6O5/c1-2-37-22-7-4-14-30-27(22)39-21-6-5-15-34(18-21)25-17-29-16-24(32-25)31-23-8-3-9-26(33-23)38-20-12-10-19(11-13-20)28(35)36/h3-4,7-14,16-17,21H,2,5-6,15,18H2,1H3,(H,35,36)(H,31,32,33). The number of aromatic carboxylic acids is 1. The summed E-state index contributed by atoms with van der Waals surface area (Å²) in [6, 6.07) is 15.1. The van der Waals surface area contributed by atoms with Crippen LogP contribution < -0.4 is 24.4 Å². The molecule has 11 heteroatoms. The molecule has 0 spiro atoms. The third kappa shape index (κ3) is 6.69. The molecular weight excluding hydrogens is 500 g/mol. The van der Waals surface area contributed by atoms with Gasteiger partial charge in [-0.2, -0.15) is 4.98 Å². The molecule has 1 atom stereocenters. The zero-order valence-corrected chi connectivity index (χ0v) is 21.4. The van der Waals surface area contributed by atoms with Crippen LogP contribution in [0.4, 0.5) is 17.5 Å². The van der Waals surface area contributed by atoms with Gasteiger partial charge in [0, 0.05) is 18.8 Å². The van der Waals surface area contributed by atoms with Gasteiger partial charge in [-0.1, -0.05) is 6.07 Å². The summed E-state index contributed by atoms with van der Waals surface area (Å²) >= 11 is 0. The highest BCUT2D eigenvalue weighted by atomic mass is 16.5. The maximum atomic E-state index is 11.0. The molecule has 11 nitrogen and oxygen atoms in total. The summed E-state index contributed by atoms with van der Waals surface area (Å²) in [6.45, 7) is 3.94. The van der Waals surface area contributed by atoms with Gasteiger partial charge in [-0.05, 0) is 62.2 Å². The lowest BCUT2D eigenvalue weighted by Gasteiger charge is -2.33. The van der Waals surface area contributed by atoms with Crippen molar-refractivity contribution in [3.05, 3.63) is 78.8 Å². The van der Waals surface area contributed by atoms with Crippen LogP contribution in [0.1, 0.15) is 30.1 Å². The minimum Gasteiger partial charge on any atom is -0.488 e. The Morgan fingerprint density at radius 2 is 1.95 bits per heavy atom. The number of nitrogens with zero attached hydrogens (tertiary/aromatic N) is 5. The second kappa shape index (κ2) is 12.1. The van der Waals surface area contributed by atoms with E-state index >= 15 is 0 Å². The molecule has 1 aliphatic rings. The molecule has 4 aromatic rings. The number of piperidine rings is 1. The first-order valence-electron chi connectivity index (χ1n) is 12.6. The average molecular weight is 529 g/mol. The van der Waals surface area contributed by atoms with E-state index in [1.165, 1.54) is 12.1 Å². The number of carbonyl (C=O) groups is 1. The van der Waals surface area contributed by atoms with E-state index in [2.05, 4.69) is 25.2 Å². The molecule has 1 aromatic carbocycles. The summed E-state index contributed by atoms with van der Waals surface area (Å²) in [4.78, 5) is 31.1. The fraction of sp³-hybridized carbons (Fsp3) is 0.250. The molecule has 0 aliphatic carbocycles. The Kier molecular flexibility index (Phi) is 7.96. The Hall–Kier alpha value is -4.93. The lowest BCUT2D eigenvalue weighted by atomic mass is 10.1. The van der Waals surface area contributed by atoms with E-state index in [1.54, 1.807) is 48.9 Å². The van der Waals surface area contributed by atoms with Gasteiger partial charge in [0.15, 0.2) is 11.6 Å². The molecule has 0 amide bonds. The topological polar surface area (TPSA) is 132 Å². The second-order valence-corrected chi connectivity index (χ2v) is 8.75. The second-order valence-electron chi connectivity index (χ2n) is 8.75. The summed E-state index contributed by atoms with van der Waals surface area (Å²) in [6.07, 6.45) is 6.83. The summed E-state index contributed by atoms with van der Waals surface area (Å²) in [5.41, 5.74) is 0.183. The van der Waals surface area contributed by atoms with Gasteiger partial charge < -0.3 is 29.5 Å². The molecule has 1 saturated heterocycles. The van der Waals surface area contributed by atoms with E-state index in [0.29, 0.717) is 48.0 Å². The van der Waals surface area contributed by atoms with E-state index in [4.69, 9.17) is 24.3 Å². The van der Waals surface area contributed by atoms with Gasteiger partial charge in [0.2, 0.25) is 5.88 Å². The Morgan fingerprint density at radius 1 is 1.08 bits per heavy atom. The molecular formula is C28H28N6O5. The largest absolute Gasteiger partial charge is 0.488 e. The zero-order chi connectivity index (χ0) is 27.0. The lowest BCUT2D eigenvalue weighted by Crippen LogP contribution is -2.41. The molecule has 1 fully saturated rings.